The molecule has 0 aromatic heterocycles. The third-order valence-electron chi connectivity index (χ3n) is 4.57. The zero-order valence-electron chi connectivity index (χ0n) is 17.3. The predicted octanol–water partition coefficient (Wildman–Crippen LogP) is 2.96. The number of carbonyl (C=O) groups excluding carboxylic acids is 1. The minimum absolute atomic E-state index is 0.0262. The Bertz CT molecular complexity index is 912. The SMILES string of the molecule is CCN(CCNC(=O)c1cccc(S(=O)(=O)Nc2ccc(OC)cc2)c1)C(C)C. The lowest BCUT2D eigenvalue weighted by molar-refractivity contribution is 0.0945. The van der Waals surface area contributed by atoms with Gasteiger partial charge >= 0.3 is 0 Å². The van der Waals surface area contributed by atoms with Gasteiger partial charge in [-0.05, 0) is 62.9 Å². The van der Waals surface area contributed by atoms with Crippen LogP contribution in [-0.2, 0) is 10.0 Å². The maximum Gasteiger partial charge on any atom is 0.261 e. The van der Waals surface area contributed by atoms with Gasteiger partial charge in [0.05, 0.1) is 12.0 Å². The van der Waals surface area contributed by atoms with Crippen molar-refractivity contribution in [2.45, 2.75) is 31.7 Å². The molecule has 7 nitrogen and oxygen atoms in total. The fourth-order valence-corrected chi connectivity index (χ4v) is 3.98. The fraction of sp³-hybridized carbons (Fsp3) is 0.381. The highest BCUT2D eigenvalue weighted by atomic mass is 32.2. The molecule has 0 saturated heterocycles. The minimum Gasteiger partial charge on any atom is -0.497 e. The van der Waals surface area contributed by atoms with Crippen molar-refractivity contribution in [3.63, 3.8) is 0 Å². The molecule has 0 heterocycles. The first-order chi connectivity index (χ1) is 13.8. The van der Waals surface area contributed by atoms with Gasteiger partial charge < -0.3 is 10.1 Å². The Morgan fingerprint density at radius 2 is 1.83 bits per heavy atom. The van der Waals surface area contributed by atoms with Crippen LogP contribution in [0.25, 0.3) is 0 Å². The Balaban J connectivity index is 2.05. The smallest absolute Gasteiger partial charge is 0.261 e. The summed E-state index contributed by atoms with van der Waals surface area (Å²) in [5, 5.41) is 2.85. The molecular weight excluding hydrogens is 390 g/mol. The van der Waals surface area contributed by atoms with Gasteiger partial charge in [0.2, 0.25) is 0 Å². The van der Waals surface area contributed by atoms with Crippen LogP contribution < -0.4 is 14.8 Å². The first kappa shape index (κ1) is 22.7. The summed E-state index contributed by atoms with van der Waals surface area (Å²) in [4.78, 5) is 14.7. The third-order valence-corrected chi connectivity index (χ3v) is 5.95. The molecule has 0 aliphatic carbocycles. The highest BCUT2D eigenvalue weighted by Gasteiger charge is 2.17. The summed E-state index contributed by atoms with van der Waals surface area (Å²) >= 11 is 0. The van der Waals surface area contributed by atoms with Gasteiger partial charge in [0.15, 0.2) is 0 Å². The van der Waals surface area contributed by atoms with Crippen molar-refractivity contribution >= 4 is 21.6 Å². The van der Waals surface area contributed by atoms with E-state index in [2.05, 4.69) is 35.7 Å². The van der Waals surface area contributed by atoms with Crippen LogP contribution in [0.1, 0.15) is 31.1 Å². The number of ether oxygens (including phenoxy) is 1. The van der Waals surface area contributed by atoms with Gasteiger partial charge in [0.1, 0.15) is 5.75 Å². The van der Waals surface area contributed by atoms with Gasteiger partial charge in [-0.1, -0.05) is 13.0 Å². The van der Waals surface area contributed by atoms with Crippen LogP contribution in [0.15, 0.2) is 53.4 Å². The Labute approximate surface area is 173 Å². The molecule has 0 aliphatic heterocycles. The molecule has 0 unspecified atom stereocenters. The number of hydrogen-bond acceptors (Lipinski definition) is 5. The van der Waals surface area contributed by atoms with Gasteiger partial charge in [-0.2, -0.15) is 0 Å². The van der Waals surface area contributed by atoms with Crippen LogP contribution in [0, 0.1) is 0 Å². The summed E-state index contributed by atoms with van der Waals surface area (Å²) in [7, 11) is -2.28. The quantitative estimate of drug-likeness (QED) is 0.618. The fourth-order valence-electron chi connectivity index (χ4n) is 2.87. The summed E-state index contributed by atoms with van der Waals surface area (Å²) < 4.78 is 32.9. The van der Waals surface area contributed by atoms with E-state index in [1.807, 2.05) is 0 Å². The van der Waals surface area contributed by atoms with Crippen molar-refractivity contribution < 1.29 is 17.9 Å². The second kappa shape index (κ2) is 10.3. The molecule has 2 rings (SSSR count). The largest absolute Gasteiger partial charge is 0.497 e. The molecule has 8 heteroatoms. The zero-order valence-corrected chi connectivity index (χ0v) is 18.1. The van der Waals surface area contributed by atoms with Gasteiger partial charge in [-0.25, -0.2) is 8.42 Å². The number of likely N-dealkylation sites (N-methyl/N-ethyl adjacent to an activating group) is 1. The van der Waals surface area contributed by atoms with E-state index in [1.165, 1.54) is 12.1 Å². The molecule has 1 amide bonds. The van der Waals surface area contributed by atoms with Crippen molar-refractivity contribution in [2.75, 3.05) is 31.5 Å². The number of amides is 1. The van der Waals surface area contributed by atoms with E-state index in [9.17, 15) is 13.2 Å². The van der Waals surface area contributed by atoms with Gasteiger partial charge in [0, 0.05) is 30.4 Å². The number of rotatable bonds is 10. The number of sulfonamides is 1. The van der Waals surface area contributed by atoms with E-state index in [4.69, 9.17) is 4.74 Å². The Morgan fingerprint density at radius 1 is 1.14 bits per heavy atom. The van der Waals surface area contributed by atoms with E-state index >= 15 is 0 Å². The molecule has 29 heavy (non-hydrogen) atoms. The number of methoxy groups -OCH3 is 1. The van der Waals surface area contributed by atoms with Gasteiger partial charge in [-0.3, -0.25) is 14.4 Å². The summed E-state index contributed by atoms with van der Waals surface area (Å²) in [5.41, 5.74) is 0.712. The normalized spacial score (nSPS) is 11.5. The third kappa shape index (κ3) is 6.47. The van der Waals surface area contributed by atoms with Crippen LogP contribution >= 0.6 is 0 Å². The zero-order chi connectivity index (χ0) is 21.4. The van der Waals surface area contributed by atoms with Gasteiger partial charge in [-0.15, -0.1) is 0 Å². The maximum atomic E-state index is 12.7. The lowest BCUT2D eigenvalue weighted by Crippen LogP contribution is -2.38. The van der Waals surface area contributed by atoms with Gasteiger partial charge in [0.25, 0.3) is 15.9 Å². The average molecular weight is 420 g/mol. The maximum absolute atomic E-state index is 12.7. The lowest BCUT2D eigenvalue weighted by atomic mass is 10.2. The molecule has 0 spiro atoms. The van der Waals surface area contributed by atoms with Crippen LogP contribution in [0.4, 0.5) is 5.69 Å². The van der Waals surface area contributed by atoms with E-state index in [0.717, 1.165) is 13.1 Å². The summed E-state index contributed by atoms with van der Waals surface area (Å²) in [6, 6.07) is 12.9. The van der Waals surface area contributed by atoms with Crippen molar-refractivity contribution in [1.82, 2.24) is 10.2 Å². The molecule has 2 aromatic carbocycles. The number of nitrogens with zero attached hydrogens (tertiary/aromatic N) is 1. The number of hydrogen-bond donors (Lipinski definition) is 2. The first-order valence-electron chi connectivity index (χ1n) is 9.56. The number of anilines is 1. The predicted molar refractivity (Wildman–Crippen MR) is 115 cm³/mol. The molecule has 0 aliphatic rings. The molecular formula is C21H29N3O4S. The van der Waals surface area contributed by atoms with Crippen molar-refractivity contribution in [3.8, 4) is 5.75 Å². The van der Waals surface area contributed by atoms with E-state index in [1.54, 1.807) is 43.5 Å². The van der Waals surface area contributed by atoms with E-state index < -0.39 is 10.0 Å². The topological polar surface area (TPSA) is 87.7 Å². The number of carbonyl (C=O) groups is 1. The molecule has 0 saturated carbocycles. The van der Waals surface area contributed by atoms with Crippen LogP contribution in [0.2, 0.25) is 0 Å². The monoisotopic (exact) mass is 419 g/mol. The average Bonchev–Trinajstić information content (AvgIpc) is 2.71. The highest BCUT2D eigenvalue weighted by molar-refractivity contribution is 7.92. The minimum atomic E-state index is -3.82. The molecule has 0 atom stereocenters. The lowest BCUT2D eigenvalue weighted by Gasteiger charge is -2.24. The van der Waals surface area contributed by atoms with Crippen LogP contribution in [-0.4, -0.2) is 52.0 Å². The van der Waals surface area contributed by atoms with Crippen molar-refractivity contribution in [2.24, 2.45) is 0 Å². The molecule has 2 N–H and O–H groups in total. The molecule has 0 bridgehead atoms. The molecule has 0 fully saturated rings. The summed E-state index contributed by atoms with van der Waals surface area (Å²) in [6.45, 7) is 8.41. The molecule has 158 valence electrons. The van der Waals surface area contributed by atoms with E-state index in [-0.39, 0.29) is 10.8 Å². The van der Waals surface area contributed by atoms with Crippen molar-refractivity contribution in [1.29, 1.82) is 0 Å². The number of benzene rings is 2. The highest BCUT2D eigenvalue weighted by Crippen LogP contribution is 2.20. The number of nitrogens with one attached hydrogen (secondary N) is 2. The van der Waals surface area contributed by atoms with Crippen LogP contribution in [0.5, 0.6) is 5.75 Å². The molecule has 0 radical (unpaired) electrons. The summed E-state index contributed by atoms with van der Waals surface area (Å²) in [6.07, 6.45) is 0. The standard InChI is InChI=1S/C21H29N3O4S/c1-5-24(16(2)3)14-13-22-21(25)17-7-6-8-20(15-17)29(26,27)23-18-9-11-19(28-4)12-10-18/h6-12,15-16,23H,5,13-14H2,1-4H3,(H,22,25). The Kier molecular flexibility index (Phi) is 8.04. The Morgan fingerprint density at radius 3 is 2.41 bits per heavy atom. The molecule has 2 aromatic rings. The second-order valence-corrected chi connectivity index (χ2v) is 8.52. The second-order valence-electron chi connectivity index (χ2n) is 6.84. The van der Waals surface area contributed by atoms with Crippen molar-refractivity contribution in [3.05, 3.63) is 54.1 Å². The van der Waals surface area contributed by atoms with E-state index in [0.29, 0.717) is 29.6 Å². The first-order valence-corrected chi connectivity index (χ1v) is 11.0. The summed E-state index contributed by atoms with van der Waals surface area (Å²) in [5.74, 6) is 0.331. The van der Waals surface area contributed by atoms with Crippen LogP contribution in [0.3, 0.4) is 0 Å². The Hall–Kier alpha value is -2.58.